The molecular weight excluding hydrogens is 399 g/mol. The third-order valence-electron chi connectivity index (χ3n) is 3.75. The van der Waals surface area contributed by atoms with Crippen molar-refractivity contribution in [1.82, 2.24) is 24.9 Å². The number of carbonyl (C=O) groups is 1. The van der Waals surface area contributed by atoms with Gasteiger partial charge in [-0.2, -0.15) is 0 Å². The third kappa shape index (κ3) is 4.57. The number of pyridine rings is 1. The van der Waals surface area contributed by atoms with Crippen molar-refractivity contribution in [3.8, 4) is 17.3 Å². The van der Waals surface area contributed by atoms with E-state index in [0.717, 1.165) is 0 Å². The molecule has 0 spiro atoms. The molecule has 0 bridgehead atoms. The van der Waals surface area contributed by atoms with Crippen LogP contribution in [-0.2, 0) is 10.8 Å². The van der Waals surface area contributed by atoms with E-state index in [0.29, 0.717) is 22.2 Å². The minimum absolute atomic E-state index is 0.125. The van der Waals surface area contributed by atoms with Crippen LogP contribution in [0.25, 0.3) is 11.4 Å². The Bertz CT molecular complexity index is 1120. The number of nitrogens with zero attached hydrogens (tertiary/aromatic N) is 5. The fraction of sp³-hybridized carbons (Fsp3) is 0.222. The molecular formula is C18H17FN6O3S. The Kier molecular flexibility index (Phi) is 5.87. The summed E-state index contributed by atoms with van der Waals surface area (Å²) in [6.07, 6.45) is 4.16. The van der Waals surface area contributed by atoms with Crippen molar-refractivity contribution in [2.24, 2.45) is 0 Å². The number of anilines is 2. The molecule has 150 valence electrons. The van der Waals surface area contributed by atoms with Gasteiger partial charge in [-0.1, -0.05) is 0 Å². The highest BCUT2D eigenvalue weighted by atomic mass is 32.2. The molecule has 0 aliphatic carbocycles. The highest BCUT2D eigenvalue weighted by Crippen LogP contribution is 2.28. The number of methoxy groups -OCH3 is 1. The molecule has 3 aromatic rings. The predicted octanol–water partition coefficient (Wildman–Crippen LogP) is 2.47. The quantitative estimate of drug-likeness (QED) is 0.477. The summed E-state index contributed by atoms with van der Waals surface area (Å²) in [5.41, 5.74) is 0.966. The predicted molar refractivity (Wildman–Crippen MR) is 104 cm³/mol. The summed E-state index contributed by atoms with van der Waals surface area (Å²) in [5.74, 6) is -0.491. The molecule has 1 N–H and O–H groups in total. The van der Waals surface area contributed by atoms with Gasteiger partial charge in [0.05, 0.1) is 41.7 Å². The first-order valence-corrected chi connectivity index (χ1v) is 9.88. The van der Waals surface area contributed by atoms with Crippen molar-refractivity contribution < 1.29 is 18.1 Å². The summed E-state index contributed by atoms with van der Waals surface area (Å²) in [7, 11) is -0.0342. The Morgan fingerprint density at radius 1 is 1.17 bits per heavy atom. The van der Waals surface area contributed by atoms with E-state index in [4.69, 9.17) is 4.74 Å². The lowest BCUT2D eigenvalue weighted by molar-refractivity contribution is 0.101. The van der Waals surface area contributed by atoms with Crippen LogP contribution in [0.15, 0.2) is 29.6 Å². The summed E-state index contributed by atoms with van der Waals surface area (Å²) in [6.45, 7) is 3.01. The van der Waals surface area contributed by atoms with E-state index in [2.05, 4.69) is 30.2 Å². The number of aromatic nitrogens is 5. The van der Waals surface area contributed by atoms with Gasteiger partial charge in [-0.05, 0) is 6.92 Å². The number of hydrogen-bond acceptors (Lipinski definition) is 9. The summed E-state index contributed by atoms with van der Waals surface area (Å²) in [6, 6.07) is 2.70. The first kappa shape index (κ1) is 20.4. The summed E-state index contributed by atoms with van der Waals surface area (Å²) in [4.78, 5) is 32.7. The van der Waals surface area contributed by atoms with E-state index in [-0.39, 0.29) is 28.9 Å². The normalized spacial score (nSPS) is 11.8. The minimum atomic E-state index is -1.35. The van der Waals surface area contributed by atoms with Crippen LogP contribution in [0.1, 0.15) is 23.2 Å². The van der Waals surface area contributed by atoms with Crippen molar-refractivity contribution in [2.75, 3.05) is 18.7 Å². The van der Waals surface area contributed by atoms with Crippen LogP contribution in [0.3, 0.4) is 0 Å². The lowest BCUT2D eigenvalue weighted by atomic mass is 10.2. The molecule has 1 atom stereocenters. The van der Waals surface area contributed by atoms with E-state index >= 15 is 0 Å². The maximum Gasteiger partial charge on any atom is 0.250 e. The van der Waals surface area contributed by atoms with Gasteiger partial charge < -0.3 is 10.1 Å². The molecule has 0 saturated carbocycles. The van der Waals surface area contributed by atoms with E-state index in [1.165, 1.54) is 44.8 Å². The molecule has 9 nitrogen and oxygen atoms in total. The zero-order chi connectivity index (χ0) is 21.1. The Morgan fingerprint density at radius 2 is 1.93 bits per heavy atom. The summed E-state index contributed by atoms with van der Waals surface area (Å²) < 4.78 is 30.7. The number of nitrogens with one attached hydrogen (secondary N) is 1. The number of halogens is 1. The monoisotopic (exact) mass is 416 g/mol. The molecule has 3 rings (SSSR count). The van der Waals surface area contributed by atoms with Gasteiger partial charge in [-0.3, -0.25) is 9.00 Å². The van der Waals surface area contributed by atoms with Crippen LogP contribution in [0.5, 0.6) is 5.88 Å². The van der Waals surface area contributed by atoms with Crippen molar-refractivity contribution in [1.29, 1.82) is 0 Å². The first-order valence-electron chi connectivity index (χ1n) is 8.32. The number of carbonyl (C=O) groups excluding carboxylic acids is 1. The van der Waals surface area contributed by atoms with Gasteiger partial charge in [-0.15, -0.1) is 0 Å². The second-order valence-electron chi connectivity index (χ2n) is 5.94. The van der Waals surface area contributed by atoms with Crippen molar-refractivity contribution in [3.63, 3.8) is 0 Å². The topological polar surface area (TPSA) is 120 Å². The van der Waals surface area contributed by atoms with E-state index in [9.17, 15) is 13.4 Å². The summed E-state index contributed by atoms with van der Waals surface area (Å²) >= 11 is 0. The molecule has 0 radical (unpaired) electrons. The largest absolute Gasteiger partial charge is 0.479 e. The summed E-state index contributed by atoms with van der Waals surface area (Å²) in [5, 5.41) is 3.23. The van der Waals surface area contributed by atoms with Crippen molar-refractivity contribution >= 4 is 28.1 Å². The Hall–Kier alpha value is -3.34. The van der Waals surface area contributed by atoms with Gasteiger partial charge in [-0.25, -0.2) is 29.3 Å². The number of ketones is 1. The lowest BCUT2D eigenvalue weighted by Crippen LogP contribution is -2.07. The van der Waals surface area contributed by atoms with E-state index in [1.54, 1.807) is 6.92 Å². The zero-order valence-corrected chi connectivity index (χ0v) is 16.9. The Morgan fingerprint density at radius 3 is 2.55 bits per heavy atom. The van der Waals surface area contributed by atoms with Gasteiger partial charge in [0.15, 0.2) is 17.4 Å². The Labute approximate surface area is 168 Å². The molecule has 0 fully saturated rings. The van der Waals surface area contributed by atoms with Crippen molar-refractivity contribution in [2.45, 2.75) is 18.9 Å². The van der Waals surface area contributed by atoms with Gasteiger partial charge in [0.1, 0.15) is 22.2 Å². The fourth-order valence-corrected chi connectivity index (χ4v) is 2.96. The molecule has 0 amide bonds. The van der Waals surface area contributed by atoms with Crippen LogP contribution >= 0.6 is 0 Å². The molecule has 0 aliphatic heterocycles. The molecule has 11 heteroatoms. The van der Waals surface area contributed by atoms with E-state index in [1.807, 2.05) is 0 Å². The number of aryl methyl sites for hydroxylation is 1. The van der Waals surface area contributed by atoms with Gasteiger partial charge in [0.25, 0.3) is 0 Å². The molecule has 1 unspecified atom stereocenters. The smallest absolute Gasteiger partial charge is 0.250 e. The lowest BCUT2D eigenvalue weighted by Gasteiger charge is -2.12. The van der Waals surface area contributed by atoms with Crippen LogP contribution < -0.4 is 10.1 Å². The minimum Gasteiger partial charge on any atom is -0.479 e. The average Bonchev–Trinajstić information content (AvgIpc) is 2.67. The van der Waals surface area contributed by atoms with Crippen LogP contribution in [0.4, 0.5) is 15.9 Å². The molecule has 0 aliphatic rings. The SMILES string of the molecule is COc1ncc(Nc2ncc(C(C)=O)nc2-c2cc(S(C)=O)nc(C)n2)cc1F. The van der Waals surface area contributed by atoms with Crippen molar-refractivity contribution in [3.05, 3.63) is 41.9 Å². The maximum atomic E-state index is 14.0. The average molecular weight is 416 g/mol. The molecule has 0 saturated heterocycles. The molecule has 0 aromatic carbocycles. The second-order valence-corrected chi connectivity index (χ2v) is 7.27. The zero-order valence-electron chi connectivity index (χ0n) is 16.1. The fourth-order valence-electron chi connectivity index (χ4n) is 2.42. The number of ether oxygens (including phenoxy) is 1. The standard InChI is InChI=1S/C18H17FN6O3S/c1-9(26)14-8-20-17(24-11-5-12(19)18(28-3)21-7-11)16(25-14)13-6-15(29(4)27)23-10(2)22-13/h5-8H,1-4H3,(H,20,24). The molecule has 29 heavy (non-hydrogen) atoms. The van der Waals surface area contributed by atoms with Gasteiger partial charge >= 0.3 is 0 Å². The van der Waals surface area contributed by atoms with Crippen LogP contribution in [-0.4, -0.2) is 48.3 Å². The second kappa shape index (κ2) is 8.35. The van der Waals surface area contributed by atoms with E-state index < -0.39 is 16.6 Å². The van der Waals surface area contributed by atoms with Gasteiger partial charge in [0, 0.05) is 25.3 Å². The Balaban J connectivity index is 2.12. The molecule has 3 aromatic heterocycles. The number of hydrogen-bond donors (Lipinski definition) is 1. The van der Waals surface area contributed by atoms with Crippen LogP contribution in [0, 0.1) is 12.7 Å². The maximum absolute atomic E-state index is 14.0. The first-order chi connectivity index (χ1) is 13.8. The molecule has 3 heterocycles. The highest BCUT2D eigenvalue weighted by Gasteiger charge is 2.17. The number of Topliss-reactive ketones (excluding diaryl/α,β-unsaturated/α-hetero) is 1. The van der Waals surface area contributed by atoms with Crippen LogP contribution in [0.2, 0.25) is 0 Å². The third-order valence-corrected chi connectivity index (χ3v) is 4.55. The highest BCUT2D eigenvalue weighted by molar-refractivity contribution is 7.84. The van der Waals surface area contributed by atoms with Gasteiger partial charge in [0.2, 0.25) is 5.88 Å². The number of rotatable bonds is 6.